The molecular formula is C17H18N4O5S. The highest BCUT2D eigenvalue weighted by molar-refractivity contribution is 7.80. The second kappa shape index (κ2) is 5.96. The van der Waals surface area contributed by atoms with Crippen LogP contribution in [-0.4, -0.2) is 71.5 Å². The lowest BCUT2D eigenvalue weighted by molar-refractivity contribution is -0.384. The molecule has 0 radical (unpaired) electrons. The smallest absolute Gasteiger partial charge is 0.269 e. The van der Waals surface area contributed by atoms with Gasteiger partial charge in [0.15, 0.2) is 10.5 Å². The highest BCUT2D eigenvalue weighted by atomic mass is 32.1. The van der Waals surface area contributed by atoms with Crippen LogP contribution in [0.3, 0.4) is 0 Å². The number of amides is 2. The van der Waals surface area contributed by atoms with Gasteiger partial charge in [0, 0.05) is 44.9 Å². The number of anilines is 1. The van der Waals surface area contributed by atoms with Crippen LogP contribution >= 0.6 is 12.2 Å². The number of benzene rings is 1. The van der Waals surface area contributed by atoms with E-state index in [1.165, 1.54) is 21.9 Å². The van der Waals surface area contributed by atoms with Crippen molar-refractivity contribution in [3.05, 3.63) is 33.9 Å². The first-order valence-electron chi connectivity index (χ1n) is 8.51. The summed E-state index contributed by atoms with van der Waals surface area (Å²) in [6.45, 7) is 1.17. The Kier molecular flexibility index (Phi) is 3.93. The maximum absolute atomic E-state index is 13.3. The van der Waals surface area contributed by atoms with E-state index in [0.717, 1.165) is 5.69 Å². The molecule has 1 spiro atoms. The number of carbonyl (C=O) groups is 2. The fourth-order valence-electron chi connectivity index (χ4n) is 4.35. The largest absolute Gasteiger partial charge is 0.377 e. The van der Waals surface area contributed by atoms with E-state index in [1.54, 1.807) is 20.2 Å². The minimum Gasteiger partial charge on any atom is -0.377 e. The fraction of sp³-hybridized carbons (Fsp3) is 0.471. The molecule has 142 valence electrons. The van der Waals surface area contributed by atoms with Gasteiger partial charge in [-0.1, -0.05) is 0 Å². The summed E-state index contributed by atoms with van der Waals surface area (Å²) in [5.41, 5.74) is -0.0742. The number of rotatable bonds is 1. The van der Waals surface area contributed by atoms with Crippen LogP contribution in [0.15, 0.2) is 18.2 Å². The van der Waals surface area contributed by atoms with Crippen LogP contribution in [-0.2, 0) is 20.7 Å². The second-order valence-corrected chi connectivity index (χ2v) is 7.38. The Balaban J connectivity index is 1.92. The van der Waals surface area contributed by atoms with Gasteiger partial charge in [-0.2, -0.15) is 0 Å². The third-order valence-corrected chi connectivity index (χ3v) is 6.24. The summed E-state index contributed by atoms with van der Waals surface area (Å²) in [6, 6.07) is 4.10. The van der Waals surface area contributed by atoms with Crippen molar-refractivity contribution in [3.8, 4) is 0 Å². The molecule has 2 fully saturated rings. The van der Waals surface area contributed by atoms with Gasteiger partial charge in [-0.3, -0.25) is 29.5 Å². The normalized spacial score (nSPS) is 24.1. The minimum absolute atomic E-state index is 0.0662. The first kappa shape index (κ1) is 17.8. The molecule has 4 rings (SSSR count). The summed E-state index contributed by atoms with van der Waals surface area (Å²) >= 11 is 5.21. The van der Waals surface area contributed by atoms with Crippen molar-refractivity contribution in [2.75, 3.05) is 38.8 Å². The number of non-ortho nitro benzene ring substituents is 1. The van der Waals surface area contributed by atoms with Crippen molar-refractivity contribution in [3.63, 3.8) is 0 Å². The van der Waals surface area contributed by atoms with Gasteiger partial charge in [0.1, 0.15) is 0 Å². The number of fused-ring (bicyclic) bond motifs is 4. The molecule has 9 nitrogen and oxygen atoms in total. The van der Waals surface area contributed by atoms with E-state index in [1.807, 2.05) is 4.90 Å². The van der Waals surface area contributed by atoms with Crippen molar-refractivity contribution in [2.24, 2.45) is 5.41 Å². The van der Waals surface area contributed by atoms with Crippen LogP contribution in [0.2, 0.25) is 0 Å². The van der Waals surface area contributed by atoms with Crippen molar-refractivity contribution in [2.45, 2.75) is 12.5 Å². The molecule has 2 saturated heterocycles. The van der Waals surface area contributed by atoms with E-state index in [-0.39, 0.29) is 23.8 Å². The molecular weight excluding hydrogens is 372 g/mol. The molecule has 0 bridgehead atoms. The quantitative estimate of drug-likeness (QED) is 0.299. The molecule has 1 aromatic carbocycles. The fourth-order valence-corrected chi connectivity index (χ4v) is 4.52. The van der Waals surface area contributed by atoms with Gasteiger partial charge in [0.25, 0.3) is 5.69 Å². The monoisotopic (exact) mass is 390 g/mol. The van der Waals surface area contributed by atoms with E-state index in [9.17, 15) is 19.7 Å². The molecule has 3 aliphatic rings. The number of nitro groups is 1. The van der Waals surface area contributed by atoms with E-state index < -0.39 is 28.2 Å². The lowest BCUT2D eigenvalue weighted by atomic mass is 9.68. The Labute approximate surface area is 160 Å². The van der Waals surface area contributed by atoms with Crippen LogP contribution in [0.1, 0.15) is 5.56 Å². The van der Waals surface area contributed by atoms with Crippen LogP contribution in [0.5, 0.6) is 0 Å². The number of nitrogens with zero attached hydrogens (tertiary/aromatic N) is 4. The molecule has 0 aromatic heterocycles. The zero-order chi connectivity index (χ0) is 19.5. The highest BCUT2D eigenvalue weighted by Crippen LogP contribution is 2.47. The number of carbonyl (C=O) groups excluding carboxylic acids is 2. The Bertz CT molecular complexity index is 864. The summed E-state index contributed by atoms with van der Waals surface area (Å²) in [6.07, 6.45) is 0.0729. The van der Waals surface area contributed by atoms with E-state index in [4.69, 9.17) is 17.0 Å². The van der Waals surface area contributed by atoms with Crippen molar-refractivity contribution in [1.29, 1.82) is 0 Å². The maximum Gasteiger partial charge on any atom is 0.269 e. The summed E-state index contributed by atoms with van der Waals surface area (Å²) in [5, 5.41) is 11.4. The molecule has 10 heteroatoms. The van der Waals surface area contributed by atoms with E-state index >= 15 is 0 Å². The predicted molar refractivity (Wildman–Crippen MR) is 99.3 cm³/mol. The predicted octanol–water partition coefficient (Wildman–Crippen LogP) is 0.558. The molecule has 0 N–H and O–H groups in total. The summed E-state index contributed by atoms with van der Waals surface area (Å²) in [7, 11) is 3.10. The van der Waals surface area contributed by atoms with E-state index in [0.29, 0.717) is 18.7 Å². The van der Waals surface area contributed by atoms with Crippen LogP contribution < -0.4 is 4.90 Å². The Morgan fingerprint density at radius 3 is 2.56 bits per heavy atom. The van der Waals surface area contributed by atoms with Gasteiger partial charge in [-0.15, -0.1) is 0 Å². The summed E-state index contributed by atoms with van der Waals surface area (Å²) < 4.78 is 5.61. The third kappa shape index (κ3) is 2.29. The molecule has 0 saturated carbocycles. The number of thiocarbonyl (C=S) groups is 1. The Morgan fingerprint density at radius 2 is 1.93 bits per heavy atom. The first-order valence-corrected chi connectivity index (χ1v) is 8.92. The zero-order valence-corrected chi connectivity index (χ0v) is 15.7. The molecule has 1 aromatic rings. The van der Waals surface area contributed by atoms with Gasteiger partial charge in [0.05, 0.1) is 24.2 Å². The third-order valence-electron chi connectivity index (χ3n) is 5.70. The summed E-state index contributed by atoms with van der Waals surface area (Å²) in [4.78, 5) is 42.0. The Hall–Kier alpha value is -2.59. The van der Waals surface area contributed by atoms with Gasteiger partial charge >= 0.3 is 0 Å². The van der Waals surface area contributed by atoms with Crippen LogP contribution in [0.4, 0.5) is 11.4 Å². The van der Waals surface area contributed by atoms with Gasteiger partial charge < -0.3 is 9.64 Å². The van der Waals surface area contributed by atoms with Crippen molar-refractivity contribution >= 4 is 40.5 Å². The zero-order valence-electron chi connectivity index (χ0n) is 14.9. The van der Waals surface area contributed by atoms with Gasteiger partial charge in [-0.25, -0.2) is 0 Å². The molecule has 3 aliphatic heterocycles. The number of ether oxygens (including phenoxy) is 1. The SMILES string of the molecule is CN1C(=O)C2(Cc3cc([N+](=O)[O-])ccc3N3CCOCC32)C(=O)N(C)C1=S. The average Bonchev–Trinajstić information content (AvgIpc) is 2.68. The van der Waals surface area contributed by atoms with Crippen molar-refractivity contribution < 1.29 is 19.2 Å². The molecule has 1 unspecified atom stereocenters. The van der Waals surface area contributed by atoms with Gasteiger partial charge in [-0.05, 0) is 23.8 Å². The minimum atomic E-state index is -1.42. The van der Waals surface area contributed by atoms with Crippen LogP contribution in [0, 0.1) is 15.5 Å². The molecule has 0 aliphatic carbocycles. The lowest BCUT2D eigenvalue weighted by Crippen LogP contribution is -2.73. The molecule has 27 heavy (non-hydrogen) atoms. The Morgan fingerprint density at radius 1 is 1.26 bits per heavy atom. The number of hydrogen-bond donors (Lipinski definition) is 0. The maximum atomic E-state index is 13.3. The standard InChI is InChI=1S/C17H18N4O5S/c1-18-14(22)17(15(23)19(2)16(18)27)8-10-7-11(21(24)25)3-4-12(10)20-5-6-26-9-13(17)20/h3-4,7,13H,5-6,8-9H2,1-2H3. The number of hydrogen-bond acceptors (Lipinski definition) is 7. The topological polar surface area (TPSA) is 96.2 Å². The molecule has 1 atom stereocenters. The van der Waals surface area contributed by atoms with E-state index in [2.05, 4.69) is 0 Å². The van der Waals surface area contributed by atoms with Crippen molar-refractivity contribution in [1.82, 2.24) is 9.80 Å². The van der Waals surface area contributed by atoms with Gasteiger partial charge in [0.2, 0.25) is 11.8 Å². The lowest BCUT2D eigenvalue weighted by Gasteiger charge is -2.54. The first-order chi connectivity index (χ1) is 12.8. The second-order valence-electron chi connectivity index (χ2n) is 7.01. The highest BCUT2D eigenvalue weighted by Gasteiger charge is 2.62. The number of nitro benzene ring substituents is 1. The summed E-state index contributed by atoms with van der Waals surface area (Å²) in [5.74, 6) is -0.790. The van der Waals surface area contributed by atoms with Crippen LogP contribution in [0.25, 0.3) is 0 Å². The number of morpholine rings is 1. The average molecular weight is 390 g/mol. The molecule has 3 heterocycles. The molecule has 2 amide bonds.